The molecule has 0 aliphatic carbocycles. The van der Waals surface area contributed by atoms with E-state index in [1.807, 2.05) is 6.92 Å². The largest absolute Gasteiger partial charge is 0.465 e. The Balaban J connectivity index is 2.28. The number of nitrogens with zero attached hydrogens (tertiary/aromatic N) is 1. The van der Waals surface area contributed by atoms with Crippen LogP contribution in [-0.4, -0.2) is 67.8 Å². The van der Waals surface area contributed by atoms with Gasteiger partial charge in [0.25, 0.3) is 0 Å². The minimum Gasteiger partial charge on any atom is -0.465 e. The van der Waals surface area contributed by atoms with E-state index in [-0.39, 0.29) is 37.7 Å². The lowest BCUT2D eigenvalue weighted by Gasteiger charge is -2.37. The van der Waals surface area contributed by atoms with Crippen LogP contribution >= 0.6 is 0 Å². The molecule has 0 spiro atoms. The van der Waals surface area contributed by atoms with Gasteiger partial charge in [0.05, 0.1) is 12.5 Å². The van der Waals surface area contributed by atoms with E-state index in [1.165, 1.54) is 25.7 Å². The van der Waals surface area contributed by atoms with E-state index in [0.717, 1.165) is 103 Å². The molecule has 0 aromatic carbocycles. The van der Waals surface area contributed by atoms with Crippen molar-refractivity contribution in [2.45, 2.75) is 168 Å². The standard InChI is InChI=1S/C46H76N2O7/c1-4-7-9-11-13-15-17-19-21-23-25-27-29-31-33-35-43(49)53-38-41(40-55-46(52)47-42-37-48(6-3)45(42)51)39-54-44(50)36-34-32-30-28-26-24-22-20-18-16-14-12-10-8-5-2/h7,9,13-16,19-22,41-42H,4-6,8,10-12,17-18,23-40H2,1-3H3,(H,47,52)/b9-7-,15-13-,16-14-,21-19-,22-20-. The summed E-state index contributed by atoms with van der Waals surface area (Å²) >= 11 is 0. The first-order valence-corrected chi connectivity index (χ1v) is 21.7. The van der Waals surface area contributed by atoms with Gasteiger partial charge in [-0.25, -0.2) is 4.79 Å². The fraction of sp³-hybridized carbons (Fsp3) is 0.696. The number of unbranched alkanes of at least 4 members (excludes halogenated alkanes) is 13. The van der Waals surface area contributed by atoms with Crippen molar-refractivity contribution < 1.29 is 33.4 Å². The first-order chi connectivity index (χ1) is 26.9. The van der Waals surface area contributed by atoms with Crippen LogP contribution in [0.1, 0.15) is 162 Å². The Morgan fingerprint density at radius 2 is 1.04 bits per heavy atom. The number of rotatable bonds is 35. The summed E-state index contributed by atoms with van der Waals surface area (Å²) in [5, 5.41) is 2.58. The Labute approximate surface area is 334 Å². The van der Waals surface area contributed by atoms with Crippen molar-refractivity contribution in [3.05, 3.63) is 60.8 Å². The quantitative estimate of drug-likeness (QED) is 0.0225. The van der Waals surface area contributed by atoms with E-state index in [0.29, 0.717) is 25.9 Å². The van der Waals surface area contributed by atoms with E-state index in [9.17, 15) is 19.2 Å². The molecule has 0 aromatic rings. The molecule has 9 nitrogen and oxygen atoms in total. The molecule has 1 N–H and O–H groups in total. The molecule has 1 rings (SSSR count). The number of hydrogen-bond donors (Lipinski definition) is 1. The SMILES string of the molecule is CC/C=C\C/C=C\C/C=C\CCCCCCCC(=O)OCC(COC(=O)CCCCCCC/C=C\C/C=C\CCCCC)COC(=O)NC1CN(CC)C1=O. The van der Waals surface area contributed by atoms with Crippen molar-refractivity contribution in [2.24, 2.45) is 5.92 Å². The molecular weight excluding hydrogens is 693 g/mol. The van der Waals surface area contributed by atoms with Crippen LogP contribution in [0.4, 0.5) is 4.79 Å². The summed E-state index contributed by atoms with van der Waals surface area (Å²) in [6, 6.07) is -0.591. The van der Waals surface area contributed by atoms with Crippen molar-refractivity contribution in [2.75, 3.05) is 32.9 Å². The highest BCUT2D eigenvalue weighted by molar-refractivity contribution is 5.90. The number of amides is 2. The second kappa shape index (κ2) is 36.0. The van der Waals surface area contributed by atoms with Gasteiger partial charge in [-0.05, 0) is 84.0 Å². The maximum atomic E-state index is 12.5. The third-order valence-corrected chi connectivity index (χ3v) is 9.46. The third kappa shape index (κ3) is 29.4. The highest BCUT2D eigenvalue weighted by atomic mass is 16.6. The van der Waals surface area contributed by atoms with E-state index in [2.05, 4.69) is 79.9 Å². The summed E-state index contributed by atoms with van der Waals surface area (Å²) in [5.74, 6) is -1.27. The summed E-state index contributed by atoms with van der Waals surface area (Å²) in [6.45, 7) is 7.14. The van der Waals surface area contributed by atoms with Gasteiger partial charge < -0.3 is 24.4 Å². The highest BCUT2D eigenvalue weighted by Crippen LogP contribution is 2.13. The zero-order valence-corrected chi connectivity index (χ0v) is 34.8. The summed E-state index contributed by atoms with van der Waals surface area (Å²) in [5.41, 5.74) is 0. The zero-order valence-electron chi connectivity index (χ0n) is 34.8. The summed E-state index contributed by atoms with van der Waals surface area (Å²) in [4.78, 5) is 51.0. The van der Waals surface area contributed by atoms with Crippen LogP contribution in [0.3, 0.4) is 0 Å². The molecule has 9 heteroatoms. The molecule has 1 fully saturated rings. The zero-order chi connectivity index (χ0) is 40.0. The van der Waals surface area contributed by atoms with Gasteiger partial charge in [0.2, 0.25) is 5.91 Å². The first kappa shape index (κ1) is 49.4. The number of carbonyl (C=O) groups is 4. The van der Waals surface area contributed by atoms with E-state index >= 15 is 0 Å². The summed E-state index contributed by atoms with van der Waals surface area (Å²) in [7, 11) is 0. The van der Waals surface area contributed by atoms with Gasteiger partial charge in [0, 0.05) is 19.4 Å². The fourth-order valence-electron chi connectivity index (χ4n) is 5.95. The Morgan fingerprint density at radius 3 is 1.51 bits per heavy atom. The first-order valence-electron chi connectivity index (χ1n) is 21.7. The van der Waals surface area contributed by atoms with Crippen molar-refractivity contribution in [3.8, 4) is 0 Å². The number of likely N-dealkylation sites (tertiary alicyclic amines) is 1. The lowest BCUT2D eigenvalue weighted by molar-refractivity contribution is -0.150. The molecule has 2 atom stereocenters. The molecule has 55 heavy (non-hydrogen) atoms. The monoisotopic (exact) mass is 769 g/mol. The van der Waals surface area contributed by atoms with E-state index in [4.69, 9.17) is 14.2 Å². The highest BCUT2D eigenvalue weighted by Gasteiger charge is 2.37. The van der Waals surface area contributed by atoms with Crippen molar-refractivity contribution in [3.63, 3.8) is 0 Å². The topological polar surface area (TPSA) is 111 Å². The minimum atomic E-state index is -0.718. The van der Waals surface area contributed by atoms with Gasteiger partial charge in [-0.3, -0.25) is 14.4 Å². The summed E-state index contributed by atoms with van der Waals surface area (Å²) < 4.78 is 16.4. The van der Waals surface area contributed by atoms with Crippen LogP contribution in [0.15, 0.2) is 60.8 Å². The third-order valence-electron chi connectivity index (χ3n) is 9.46. The number of carbonyl (C=O) groups excluding carboxylic acids is 4. The van der Waals surface area contributed by atoms with Crippen molar-refractivity contribution in [1.29, 1.82) is 0 Å². The molecule has 2 amide bonds. The molecule has 1 aliphatic heterocycles. The van der Waals surface area contributed by atoms with Gasteiger partial charge in [-0.1, -0.05) is 126 Å². The van der Waals surface area contributed by atoms with Gasteiger partial charge in [-0.2, -0.15) is 0 Å². The maximum Gasteiger partial charge on any atom is 0.407 e. The van der Waals surface area contributed by atoms with E-state index < -0.39 is 18.1 Å². The fourth-order valence-corrected chi connectivity index (χ4v) is 5.95. The smallest absolute Gasteiger partial charge is 0.407 e. The number of nitrogens with one attached hydrogen (secondary N) is 1. The molecule has 2 unspecified atom stereocenters. The van der Waals surface area contributed by atoms with Crippen LogP contribution in [0.5, 0.6) is 0 Å². The van der Waals surface area contributed by atoms with Crippen LogP contribution in [-0.2, 0) is 28.6 Å². The van der Waals surface area contributed by atoms with Crippen LogP contribution in [0, 0.1) is 5.92 Å². The molecule has 1 heterocycles. The molecule has 0 aromatic heterocycles. The number of ether oxygens (including phenoxy) is 3. The van der Waals surface area contributed by atoms with Gasteiger partial charge in [-0.15, -0.1) is 0 Å². The minimum absolute atomic E-state index is 0.0212. The predicted molar refractivity (Wildman–Crippen MR) is 225 cm³/mol. The molecule has 0 radical (unpaired) electrons. The average Bonchev–Trinajstić information content (AvgIpc) is 3.18. The number of β-lactam (4-membered cyclic amide) rings is 1. The number of alkyl carbamates (subject to hydrolysis) is 1. The number of likely N-dealkylation sites (N-methyl/N-ethyl adjacent to an activating group) is 1. The van der Waals surface area contributed by atoms with E-state index in [1.54, 1.807) is 4.90 Å². The Bertz CT molecular complexity index is 1160. The van der Waals surface area contributed by atoms with Gasteiger partial charge in [0.1, 0.15) is 25.9 Å². The number of esters is 2. The summed E-state index contributed by atoms with van der Waals surface area (Å²) in [6.07, 6.45) is 43.6. The number of allylic oxidation sites excluding steroid dienone is 10. The Morgan fingerprint density at radius 1 is 0.600 bits per heavy atom. The Kier molecular flexibility index (Phi) is 32.4. The van der Waals surface area contributed by atoms with Gasteiger partial charge in [0.15, 0.2) is 0 Å². The molecule has 0 saturated carbocycles. The van der Waals surface area contributed by atoms with Crippen molar-refractivity contribution in [1.82, 2.24) is 10.2 Å². The van der Waals surface area contributed by atoms with Crippen LogP contribution in [0.25, 0.3) is 0 Å². The number of hydrogen-bond acceptors (Lipinski definition) is 7. The van der Waals surface area contributed by atoms with Gasteiger partial charge >= 0.3 is 18.0 Å². The maximum absolute atomic E-state index is 12.5. The normalized spacial score (nSPS) is 15.1. The lowest BCUT2D eigenvalue weighted by Crippen LogP contribution is -2.63. The predicted octanol–water partition coefficient (Wildman–Crippen LogP) is 11.0. The van der Waals surface area contributed by atoms with Crippen LogP contribution in [0.2, 0.25) is 0 Å². The molecule has 1 aliphatic rings. The molecule has 312 valence electrons. The molecule has 1 saturated heterocycles. The lowest BCUT2D eigenvalue weighted by atomic mass is 10.1. The Hall–Kier alpha value is -3.62. The average molecular weight is 769 g/mol. The second-order valence-electron chi connectivity index (χ2n) is 14.5. The molecular formula is C46H76N2O7. The molecule has 0 bridgehead atoms. The van der Waals surface area contributed by atoms with Crippen molar-refractivity contribution >= 4 is 23.9 Å². The van der Waals surface area contributed by atoms with Crippen LogP contribution < -0.4 is 5.32 Å². The second-order valence-corrected chi connectivity index (χ2v) is 14.5.